The molecule has 0 fully saturated rings. The van der Waals surface area contributed by atoms with E-state index in [1.807, 2.05) is 24.3 Å². The van der Waals surface area contributed by atoms with E-state index in [-0.39, 0.29) is 5.82 Å². The Kier molecular flexibility index (Phi) is 4.93. The number of rotatable bonds is 6. The van der Waals surface area contributed by atoms with Gasteiger partial charge in [0.2, 0.25) is 11.7 Å². The van der Waals surface area contributed by atoms with E-state index in [1.165, 1.54) is 12.1 Å². The fraction of sp³-hybridized carbons (Fsp3) is 0.143. The fourth-order valence-corrected chi connectivity index (χ4v) is 2.94. The molecule has 0 saturated heterocycles. The number of aromatic nitrogens is 3. The quantitative estimate of drug-likeness (QED) is 0.506. The average molecular weight is 373 g/mol. The van der Waals surface area contributed by atoms with E-state index in [1.54, 1.807) is 18.3 Å². The zero-order chi connectivity index (χ0) is 19.3. The molecule has 4 rings (SSSR count). The third kappa shape index (κ3) is 3.67. The van der Waals surface area contributed by atoms with Gasteiger partial charge in [-0.2, -0.15) is 10.2 Å². The number of halogens is 1. The Balaban J connectivity index is 1.40. The molecule has 4 aromatic rings. The maximum absolute atomic E-state index is 13.0. The summed E-state index contributed by atoms with van der Waals surface area (Å²) in [6.45, 7) is 0.636. The van der Waals surface area contributed by atoms with Crippen molar-refractivity contribution in [2.75, 3.05) is 11.9 Å². The van der Waals surface area contributed by atoms with Gasteiger partial charge in [-0.05, 0) is 36.8 Å². The van der Waals surface area contributed by atoms with Crippen LogP contribution in [-0.4, -0.2) is 21.7 Å². The molecule has 0 saturated carbocycles. The lowest BCUT2D eigenvalue weighted by molar-refractivity contribution is 0.377. The topological polar surface area (TPSA) is 87.6 Å². The summed E-state index contributed by atoms with van der Waals surface area (Å²) < 4.78 is 18.3. The summed E-state index contributed by atoms with van der Waals surface area (Å²) in [5, 5.41) is 17.5. The van der Waals surface area contributed by atoms with Crippen LogP contribution in [0.25, 0.3) is 22.3 Å². The first kappa shape index (κ1) is 17.6. The minimum atomic E-state index is -0.307. The lowest BCUT2D eigenvalue weighted by Gasteiger charge is -2.10. The minimum absolute atomic E-state index is 0.307. The fourth-order valence-electron chi connectivity index (χ4n) is 2.94. The highest BCUT2D eigenvalue weighted by Crippen LogP contribution is 2.25. The standard InChI is InChI=1S/C21H16FN5O/c22-16-9-7-14(8-10-16)21-26-19(28-27-21)6-3-11-24-20-15(12-23)13-25-18-5-2-1-4-17(18)20/h1-2,4-5,7-10,13H,3,6,11H2,(H,24,25). The summed E-state index contributed by atoms with van der Waals surface area (Å²) in [5.74, 6) is 0.648. The SMILES string of the molecule is N#Cc1cnc2ccccc2c1NCCCc1nc(-c2ccc(F)cc2)no1. The number of aryl methyl sites for hydroxylation is 1. The third-order valence-electron chi connectivity index (χ3n) is 4.34. The molecule has 0 spiro atoms. The molecule has 1 N–H and O–H groups in total. The Labute approximate surface area is 160 Å². The molecule has 0 unspecified atom stereocenters. The van der Waals surface area contributed by atoms with Gasteiger partial charge in [-0.1, -0.05) is 23.4 Å². The molecule has 2 aromatic heterocycles. The number of fused-ring (bicyclic) bond motifs is 1. The van der Waals surface area contributed by atoms with E-state index in [9.17, 15) is 9.65 Å². The predicted octanol–water partition coefficient (Wildman–Crippen LogP) is 4.34. The first-order valence-corrected chi connectivity index (χ1v) is 8.85. The molecule has 2 aromatic carbocycles. The zero-order valence-corrected chi connectivity index (χ0v) is 14.9. The van der Waals surface area contributed by atoms with Crippen molar-refractivity contribution in [2.24, 2.45) is 0 Å². The molecular weight excluding hydrogens is 357 g/mol. The number of nitrogens with zero attached hydrogens (tertiary/aromatic N) is 4. The minimum Gasteiger partial charge on any atom is -0.383 e. The highest BCUT2D eigenvalue weighted by Gasteiger charge is 2.10. The second-order valence-corrected chi connectivity index (χ2v) is 6.22. The van der Waals surface area contributed by atoms with Crippen LogP contribution in [0.2, 0.25) is 0 Å². The Morgan fingerprint density at radius 2 is 1.93 bits per heavy atom. The number of anilines is 1. The van der Waals surface area contributed by atoms with Crippen LogP contribution in [0.5, 0.6) is 0 Å². The maximum atomic E-state index is 13.0. The largest absolute Gasteiger partial charge is 0.383 e. The van der Waals surface area contributed by atoms with Crippen molar-refractivity contribution < 1.29 is 8.91 Å². The van der Waals surface area contributed by atoms with Gasteiger partial charge >= 0.3 is 0 Å². The molecule has 7 heteroatoms. The van der Waals surface area contributed by atoms with Gasteiger partial charge in [0.15, 0.2) is 0 Å². The van der Waals surface area contributed by atoms with Crippen molar-refractivity contribution in [3.8, 4) is 17.5 Å². The summed E-state index contributed by atoms with van der Waals surface area (Å²) in [5.41, 5.74) is 2.84. The van der Waals surface area contributed by atoms with Crippen LogP contribution >= 0.6 is 0 Å². The van der Waals surface area contributed by atoms with E-state index >= 15 is 0 Å². The molecule has 6 nitrogen and oxygen atoms in total. The van der Waals surface area contributed by atoms with Gasteiger partial charge in [0.25, 0.3) is 0 Å². The van der Waals surface area contributed by atoms with Gasteiger partial charge < -0.3 is 9.84 Å². The molecule has 0 radical (unpaired) electrons. The van der Waals surface area contributed by atoms with E-state index < -0.39 is 0 Å². The summed E-state index contributed by atoms with van der Waals surface area (Å²) in [7, 11) is 0. The number of hydrogen-bond donors (Lipinski definition) is 1. The summed E-state index contributed by atoms with van der Waals surface area (Å²) in [6.07, 6.45) is 2.91. The molecular formula is C21H16FN5O. The number of benzene rings is 2. The Morgan fingerprint density at radius 3 is 2.75 bits per heavy atom. The number of pyridine rings is 1. The van der Waals surface area contributed by atoms with Crippen LogP contribution < -0.4 is 5.32 Å². The number of nitrogens with one attached hydrogen (secondary N) is 1. The Bertz CT molecular complexity index is 1150. The average Bonchev–Trinajstić information content (AvgIpc) is 3.20. The Hall–Kier alpha value is -3.79. The van der Waals surface area contributed by atoms with Crippen LogP contribution in [0, 0.1) is 17.1 Å². The van der Waals surface area contributed by atoms with Crippen LogP contribution in [-0.2, 0) is 6.42 Å². The molecule has 0 aliphatic heterocycles. The van der Waals surface area contributed by atoms with E-state index in [0.717, 1.165) is 23.0 Å². The van der Waals surface area contributed by atoms with Gasteiger partial charge in [0.05, 0.1) is 16.8 Å². The van der Waals surface area contributed by atoms with Gasteiger partial charge in [-0.15, -0.1) is 0 Å². The van der Waals surface area contributed by atoms with Crippen molar-refractivity contribution in [1.82, 2.24) is 15.1 Å². The van der Waals surface area contributed by atoms with E-state index in [2.05, 4.69) is 26.5 Å². The summed E-state index contributed by atoms with van der Waals surface area (Å²) in [6, 6.07) is 15.8. The van der Waals surface area contributed by atoms with Crippen molar-refractivity contribution in [1.29, 1.82) is 5.26 Å². The molecule has 0 aliphatic carbocycles. The van der Waals surface area contributed by atoms with Crippen molar-refractivity contribution in [3.05, 3.63) is 72.0 Å². The third-order valence-corrected chi connectivity index (χ3v) is 4.34. The van der Waals surface area contributed by atoms with Crippen LogP contribution in [0.1, 0.15) is 17.9 Å². The lowest BCUT2D eigenvalue weighted by atomic mass is 10.1. The van der Waals surface area contributed by atoms with Crippen molar-refractivity contribution in [2.45, 2.75) is 12.8 Å². The molecule has 28 heavy (non-hydrogen) atoms. The zero-order valence-electron chi connectivity index (χ0n) is 14.9. The van der Waals surface area contributed by atoms with Crippen LogP contribution in [0.15, 0.2) is 59.3 Å². The van der Waals surface area contributed by atoms with Crippen molar-refractivity contribution in [3.63, 3.8) is 0 Å². The summed E-state index contributed by atoms with van der Waals surface area (Å²) >= 11 is 0. The summed E-state index contributed by atoms with van der Waals surface area (Å²) in [4.78, 5) is 8.65. The normalized spacial score (nSPS) is 10.7. The first-order valence-electron chi connectivity index (χ1n) is 8.85. The highest BCUT2D eigenvalue weighted by atomic mass is 19.1. The molecule has 0 aliphatic rings. The number of hydrogen-bond acceptors (Lipinski definition) is 6. The number of nitriles is 1. The monoisotopic (exact) mass is 373 g/mol. The van der Waals surface area contributed by atoms with E-state index in [4.69, 9.17) is 4.52 Å². The predicted molar refractivity (Wildman–Crippen MR) is 103 cm³/mol. The second-order valence-electron chi connectivity index (χ2n) is 6.22. The molecule has 0 amide bonds. The van der Waals surface area contributed by atoms with Gasteiger partial charge in [0.1, 0.15) is 11.9 Å². The lowest BCUT2D eigenvalue weighted by Crippen LogP contribution is -2.06. The molecule has 2 heterocycles. The second kappa shape index (κ2) is 7.84. The molecule has 138 valence electrons. The Morgan fingerprint density at radius 1 is 1.11 bits per heavy atom. The van der Waals surface area contributed by atoms with Gasteiger partial charge in [-0.25, -0.2) is 4.39 Å². The smallest absolute Gasteiger partial charge is 0.227 e. The van der Waals surface area contributed by atoms with Crippen LogP contribution in [0.4, 0.5) is 10.1 Å². The molecule has 0 bridgehead atoms. The van der Waals surface area contributed by atoms with Crippen molar-refractivity contribution >= 4 is 16.6 Å². The van der Waals surface area contributed by atoms with E-state index in [0.29, 0.717) is 35.8 Å². The van der Waals surface area contributed by atoms with Gasteiger partial charge in [0, 0.05) is 30.1 Å². The maximum Gasteiger partial charge on any atom is 0.227 e. The highest BCUT2D eigenvalue weighted by molar-refractivity contribution is 5.93. The first-order chi connectivity index (χ1) is 13.7. The van der Waals surface area contributed by atoms with Crippen LogP contribution in [0.3, 0.4) is 0 Å². The van der Waals surface area contributed by atoms with Gasteiger partial charge in [-0.3, -0.25) is 4.98 Å². The molecule has 0 atom stereocenters. The number of para-hydroxylation sites is 1.